The van der Waals surface area contributed by atoms with E-state index in [1.807, 2.05) is 0 Å². The van der Waals surface area contributed by atoms with Gasteiger partial charge in [-0.05, 0) is 49.3 Å². The van der Waals surface area contributed by atoms with Gasteiger partial charge < -0.3 is 29.2 Å². The Morgan fingerprint density at radius 2 is 1.63 bits per heavy atom. The molecule has 1 aliphatic heterocycles. The van der Waals surface area contributed by atoms with Crippen LogP contribution in [-0.2, 0) is 18.0 Å². The van der Waals surface area contributed by atoms with Crippen molar-refractivity contribution in [3.63, 3.8) is 0 Å². The number of hydrogen-bond acceptors (Lipinski definition) is 6. The van der Waals surface area contributed by atoms with E-state index >= 15 is 8.78 Å². The first-order valence-electron chi connectivity index (χ1n) is 16.5. The predicted molar refractivity (Wildman–Crippen MR) is 193 cm³/mol. The van der Waals surface area contributed by atoms with Crippen molar-refractivity contribution in [2.45, 2.75) is 52.4 Å². The molecule has 1 aliphatic rings. The van der Waals surface area contributed by atoms with Gasteiger partial charge in [-0.3, -0.25) is 14.3 Å². The van der Waals surface area contributed by atoms with Crippen LogP contribution in [-0.4, -0.2) is 93.2 Å². The predicted octanol–water partition coefficient (Wildman–Crippen LogP) is 6.90. The van der Waals surface area contributed by atoms with E-state index in [2.05, 4.69) is 49.3 Å². The summed E-state index contributed by atoms with van der Waals surface area (Å²) in [5.74, 6) is -3.20. The van der Waals surface area contributed by atoms with Gasteiger partial charge in [0, 0.05) is 61.8 Å². The van der Waals surface area contributed by atoms with Crippen LogP contribution in [0.3, 0.4) is 0 Å². The highest BCUT2D eigenvalue weighted by Crippen LogP contribution is 2.37. The molecule has 0 spiro atoms. The van der Waals surface area contributed by atoms with Crippen molar-refractivity contribution in [1.82, 2.24) is 29.1 Å². The molecular formula is C35H42ClF2N7O5Si. The standard InChI is InChI=1S/C35H42ClF2N7O5Si/c1-21-26(20-45(41-21)16-17-50-51(6,7)35(2,3)4)23-10-11-25(30(38)29(23)37)28-19-39-31(42(28)5)32(46)40-22-8-9-24(27(36)18-22)33(47)43-12-14-44(15-13-43)34(48)49/h8-11,18-20H,12-17H2,1-7H3,(H,40,46)(H,48,49). The largest absolute Gasteiger partial charge is 0.465 e. The lowest BCUT2D eigenvalue weighted by Gasteiger charge is -2.36. The second-order valence-corrected chi connectivity index (χ2v) is 19.2. The molecule has 51 heavy (non-hydrogen) atoms. The number of carbonyl (C=O) groups excluding carboxylic acids is 2. The van der Waals surface area contributed by atoms with Crippen LogP contribution in [0.1, 0.15) is 47.4 Å². The molecule has 0 unspecified atom stereocenters. The Bertz CT molecular complexity index is 1980. The highest BCUT2D eigenvalue weighted by molar-refractivity contribution is 6.74. The molecule has 272 valence electrons. The van der Waals surface area contributed by atoms with Crippen molar-refractivity contribution >= 4 is 43.5 Å². The van der Waals surface area contributed by atoms with Crippen LogP contribution in [0.4, 0.5) is 19.3 Å². The van der Waals surface area contributed by atoms with Crippen molar-refractivity contribution < 1.29 is 32.7 Å². The molecule has 0 radical (unpaired) electrons. The smallest absolute Gasteiger partial charge is 0.407 e. The summed E-state index contributed by atoms with van der Waals surface area (Å²) in [5.41, 5.74) is 1.66. The molecule has 1 fully saturated rings. The number of benzene rings is 2. The first-order valence-corrected chi connectivity index (χ1v) is 19.7. The second-order valence-electron chi connectivity index (χ2n) is 14.0. The Kier molecular flexibility index (Phi) is 10.7. The molecule has 0 saturated carbocycles. The lowest BCUT2D eigenvalue weighted by Crippen LogP contribution is -2.50. The van der Waals surface area contributed by atoms with Crippen LogP contribution in [0.25, 0.3) is 22.4 Å². The first kappa shape index (κ1) is 37.6. The van der Waals surface area contributed by atoms with Gasteiger partial charge in [-0.15, -0.1) is 0 Å². The summed E-state index contributed by atoms with van der Waals surface area (Å²) in [4.78, 5) is 44.3. The van der Waals surface area contributed by atoms with Crippen molar-refractivity contribution in [3.05, 3.63) is 76.5 Å². The Balaban J connectivity index is 1.27. The number of rotatable bonds is 9. The van der Waals surface area contributed by atoms with Gasteiger partial charge in [-0.25, -0.2) is 18.6 Å². The number of anilines is 1. The minimum atomic E-state index is -1.95. The quantitative estimate of drug-likeness (QED) is 0.178. The maximum Gasteiger partial charge on any atom is 0.407 e. The number of aryl methyl sites for hydroxylation is 1. The van der Waals surface area contributed by atoms with E-state index in [-0.39, 0.29) is 76.0 Å². The molecule has 1 saturated heterocycles. The minimum absolute atomic E-state index is 0.0618. The average Bonchev–Trinajstić information content (AvgIpc) is 3.63. The number of halogens is 3. The van der Waals surface area contributed by atoms with Crippen LogP contribution in [0, 0.1) is 18.6 Å². The SMILES string of the molecule is Cc1nn(CCO[Si](C)(C)C(C)(C)C)cc1-c1ccc(-c2cnc(C(=O)Nc3ccc(C(=O)N4CCN(C(=O)O)CC4)c(Cl)c3)n2C)c(F)c1F. The van der Waals surface area contributed by atoms with Gasteiger partial charge in [0.25, 0.3) is 11.8 Å². The van der Waals surface area contributed by atoms with E-state index in [4.69, 9.17) is 21.1 Å². The number of nitrogens with zero attached hydrogens (tertiary/aromatic N) is 6. The first-order chi connectivity index (χ1) is 23.9. The van der Waals surface area contributed by atoms with E-state index in [0.717, 1.165) is 0 Å². The fraction of sp³-hybridized carbons (Fsp3) is 0.400. The maximum absolute atomic E-state index is 15.7. The summed E-state index contributed by atoms with van der Waals surface area (Å²) < 4.78 is 40.6. The zero-order valence-corrected chi connectivity index (χ0v) is 31.4. The molecule has 2 aromatic heterocycles. The Hall–Kier alpha value is -4.60. The summed E-state index contributed by atoms with van der Waals surface area (Å²) in [6, 6.07) is 7.33. The van der Waals surface area contributed by atoms with Gasteiger partial charge in [-0.1, -0.05) is 38.4 Å². The molecule has 16 heteroatoms. The van der Waals surface area contributed by atoms with E-state index in [0.29, 0.717) is 24.4 Å². The summed E-state index contributed by atoms with van der Waals surface area (Å²) >= 11 is 6.41. The monoisotopic (exact) mass is 741 g/mol. The molecule has 0 aliphatic carbocycles. The van der Waals surface area contributed by atoms with Crippen LogP contribution in [0.5, 0.6) is 0 Å². The molecular weight excluding hydrogens is 700 g/mol. The van der Waals surface area contributed by atoms with E-state index in [1.165, 1.54) is 57.9 Å². The second kappa shape index (κ2) is 14.6. The van der Waals surface area contributed by atoms with Gasteiger partial charge >= 0.3 is 6.09 Å². The zero-order valence-electron chi connectivity index (χ0n) is 29.7. The Morgan fingerprint density at radius 3 is 2.25 bits per heavy atom. The topological polar surface area (TPSA) is 135 Å². The normalized spacial score (nSPS) is 13.8. The zero-order chi connectivity index (χ0) is 37.4. The molecule has 0 atom stereocenters. The fourth-order valence-corrected chi connectivity index (χ4v) is 6.85. The lowest BCUT2D eigenvalue weighted by atomic mass is 10.0. The average molecular weight is 742 g/mol. The Labute approximate surface area is 301 Å². The number of carbonyl (C=O) groups is 3. The van der Waals surface area contributed by atoms with E-state index in [1.54, 1.807) is 17.8 Å². The van der Waals surface area contributed by atoms with Crippen LogP contribution >= 0.6 is 11.6 Å². The fourth-order valence-electron chi connectivity index (χ4n) is 5.56. The molecule has 0 bridgehead atoms. The summed E-state index contributed by atoms with van der Waals surface area (Å²) in [5, 5.41) is 16.5. The third-order valence-electron chi connectivity index (χ3n) is 9.67. The minimum Gasteiger partial charge on any atom is -0.465 e. The highest BCUT2D eigenvalue weighted by Gasteiger charge is 2.37. The summed E-state index contributed by atoms with van der Waals surface area (Å²) in [6.07, 6.45) is 1.94. The summed E-state index contributed by atoms with van der Waals surface area (Å²) in [7, 11) is -0.432. The molecule has 4 aromatic rings. The van der Waals surface area contributed by atoms with Crippen molar-refractivity contribution in [3.8, 4) is 22.4 Å². The van der Waals surface area contributed by atoms with E-state index in [9.17, 15) is 14.4 Å². The number of amides is 3. The van der Waals surface area contributed by atoms with Gasteiger partial charge in [0.15, 0.2) is 25.8 Å². The number of aromatic nitrogens is 4. The van der Waals surface area contributed by atoms with Crippen molar-refractivity contribution in [2.75, 3.05) is 38.1 Å². The third kappa shape index (κ3) is 7.84. The molecule has 2 N–H and O–H groups in total. The molecule has 5 rings (SSSR count). The van der Waals surface area contributed by atoms with Crippen LogP contribution in [0.2, 0.25) is 23.2 Å². The Morgan fingerprint density at radius 1 is 1.00 bits per heavy atom. The van der Waals surface area contributed by atoms with E-state index < -0.39 is 32.0 Å². The number of imidazole rings is 1. The maximum atomic E-state index is 15.7. The molecule has 12 nitrogen and oxygen atoms in total. The molecule has 3 amide bonds. The number of piperazine rings is 1. The lowest BCUT2D eigenvalue weighted by molar-refractivity contribution is 0.0625. The van der Waals surface area contributed by atoms with Crippen LogP contribution < -0.4 is 5.32 Å². The summed E-state index contributed by atoms with van der Waals surface area (Å²) in [6.45, 7) is 14.3. The number of nitrogens with one attached hydrogen (secondary N) is 1. The van der Waals surface area contributed by atoms with Crippen molar-refractivity contribution in [1.29, 1.82) is 0 Å². The highest BCUT2D eigenvalue weighted by atomic mass is 35.5. The van der Waals surface area contributed by atoms with Gasteiger partial charge in [0.1, 0.15) is 0 Å². The molecule has 2 aromatic carbocycles. The van der Waals surface area contributed by atoms with Crippen molar-refractivity contribution in [2.24, 2.45) is 7.05 Å². The number of carboxylic acid groups (broad SMARTS) is 1. The van der Waals surface area contributed by atoms with Gasteiger partial charge in [-0.2, -0.15) is 5.10 Å². The molecule has 3 heterocycles. The van der Waals surface area contributed by atoms with Crippen LogP contribution in [0.15, 0.2) is 42.7 Å². The third-order valence-corrected chi connectivity index (χ3v) is 14.5. The van der Waals surface area contributed by atoms with Gasteiger partial charge in [0.05, 0.1) is 41.3 Å². The number of hydrogen-bond donors (Lipinski definition) is 2. The van der Waals surface area contributed by atoms with Gasteiger partial charge in [0.2, 0.25) is 0 Å².